The van der Waals surface area contributed by atoms with Crippen molar-refractivity contribution in [3.63, 3.8) is 0 Å². The molecule has 0 radical (unpaired) electrons. The van der Waals surface area contributed by atoms with Crippen LogP contribution in [-0.2, 0) is 0 Å². The molecule has 0 aliphatic carbocycles. The Hall–Kier alpha value is -1.42. The Morgan fingerprint density at radius 3 is 2.95 bits per heavy atom. The standard InChI is InChI=1S/C15H25N3O/c1-3-18-8-7-12(11-18)10-17-13-5-6-14(16)15(9-13)19-4-2/h5-6,9,12,17H,3-4,7-8,10-11,16H2,1-2H3. The number of likely N-dealkylation sites (tertiary alicyclic amines) is 1. The maximum absolute atomic E-state index is 5.87. The van der Waals surface area contributed by atoms with Gasteiger partial charge < -0.3 is 20.7 Å². The first-order chi connectivity index (χ1) is 9.22. The third-order valence-electron chi connectivity index (χ3n) is 3.73. The van der Waals surface area contributed by atoms with Crippen LogP contribution in [0.4, 0.5) is 11.4 Å². The van der Waals surface area contributed by atoms with Crippen molar-refractivity contribution in [2.45, 2.75) is 20.3 Å². The van der Waals surface area contributed by atoms with E-state index < -0.39 is 0 Å². The molecule has 0 bridgehead atoms. The van der Waals surface area contributed by atoms with E-state index in [2.05, 4.69) is 17.1 Å². The molecule has 19 heavy (non-hydrogen) atoms. The minimum absolute atomic E-state index is 0.641. The Kier molecular flexibility index (Phi) is 4.91. The van der Waals surface area contributed by atoms with Crippen molar-refractivity contribution < 1.29 is 4.74 Å². The van der Waals surface area contributed by atoms with Gasteiger partial charge in [-0.15, -0.1) is 0 Å². The van der Waals surface area contributed by atoms with Crippen molar-refractivity contribution in [2.24, 2.45) is 5.92 Å². The third-order valence-corrected chi connectivity index (χ3v) is 3.73. The molecular formula is C15H25N3O. The van der Waals surface area contributed by atoms with Gasteiger partial charge in [0.1, 0.15) is 5.75 Å². The fourth-order valence-electron chi connectivity index (χ4n) is 2.55. The van der Waals surface area contributed by atoms with Crippen molar-refractivity contribution in [2.75, 3.05) is 43.8 Å². The zero-order valence-corrected chi connectivity index (χ0v) is 12.0. The first kappa shape index (κ1) is 14.0. The average Bonchev–Trinajstić information content (AvgIpc) is 2.88. The van der Waals surface area contributed by atoms with Crippen molar-refractivity contribution in [3.8, 4) is 5.75 Å². The van der Waals surface area contributed by atoms with Gasteiger partial charge in [-0.25, -0.2) is 0 Å². The molecule has 1 aliphatic heterocycles. The molecular weight excluding hydrogens is 238 g/mol. The molecule has 1 aromatic carbocycles. The molecule has 1 heterocycles. The van der Waals surface area contributed by atoms with Gasteiger partial charge in [-0.2, -0.15) is 0 Å². The maximum atomic E-state index is 5.87. The number of nitrogens with two attached hydrogens (primary N) is 1. The van der Waals surface area contributed by atoms with Crippen molar-refractivity contribution in [1.82, 2.24) is 4.90 Å². The molecule has 1 aromatic rings. The van der Waals surface area contributed by atoms with Crippen LogP contribution in [0.25, 0.3) is 0 Å². The summed E-state index contributed by atoms with van der Waals surface area (Å²) < 4.78 is 5.51. The highest BCUT2D eigenvalue weighted by atomic mass is 16.5. The van der Waals surface area contributed by atoms with Gasteiger partial charge in [0.2, 0.25) is 0 Å². The topological polar surface area (TPSA) is 50.5 Å². The molecule has 2 rings (SSSR count). The zero-order valence-electron chi connectivity index (χ0n) is 12.0. The number of ether oxygens (including phenoxy) is 1. The van der Waals surface area contributed by atoms with E-state index in [0.717, 1.165) is 30.4 Å². The van der Waals surface area contributed by atoms with E-state index in [-0.39, 0.29) is 0 Å². The lowest BCUT2D eigenvalue weighted by atomic mass is 10.1. The summed E-state index contributed by atoms with van der Waals surface area (Å²) in [5.74, 6) is 1.52. The quantitative estimate of drug-likeness (QED) is 0.774. The monoisotopic (exact) mass is 263 g/mol. The molecule has 0 aromatic heterocycles. The second-order valence-electron chi connectivity index (χ2n) is 5.11. The summed E-state index contributed by atoms with van der Waals surface area (Å²) >= 11 is 0. The predicted molar refractivity (Wildman–Crippen MR) is 80.7 cm³/mol. The molecule has 0 amide bonds. The largest absolute Gasteiger partial charge is 0.492 e. The molecule has 1 saturated heterocycles. The van der Waals surface area contributed by atoms with Crippen LogP contribution >= 0.6 is 0 Å². The first-order valence-corrected chi connectivity index (χ1v) is 7.21. The van der Waals surface area contributed by atoms with E-state index in [1.807, 2.05) is 25.1 Å². The van der Waals surface area contributed by atoms with Crippen LogP contribution in [0.3, 0.4) is 0 Å². The molecule has 4 heteroatoms. The third kappa shape index (κ3) is 3.77. The second-order valence-corrected chi connectivity index (χ2v) is 5.11. The molecule has 1 aliphatic rings. The molecule has 1 fully saturated rings. The van der Waals surface area contributed by atoms with Gasteiger partial charge in [0, 0.05) is 24.8 Å². The highest BCUT2D eigenvalue weighted by Crippen LogP contribution is 2.26. The second kappa shape index (κ2) is 6.66. The lowest BCUT2D eigenvalue weighted by molar-refractivity contribution is 0.342. The Morgan fingerprint density at radius 2 is 2.26 bits per heavy atom. The summed E-state index contributed by atoms with van der Waals surface area (Å²) in [6, 6.07) is 5.91. The van der Waals surface area contributed by atoms with Gasteiger partial charge in [-0.1, -0.05) is 6.92 Å². The fourth-order valence-corrected chi connectivity index (χ4v) is 2.55. The summed E-state index contributed by atoms with van der Waals surface area (Å²) in [4.78, 5) is 2.50. The van der Waals surface area contributed by atoms with Crippen LogP contribution in [0.5, 0.6) is 5.75 Å². The van der Waals surface area contributed by atoms with Gasteiger partial charge in [-0.05, 0) is 44.5 Å². The normalized spacial score (nSPS) is 19.6. The van der Waals surface area contributed by atoms with E-state index >= 15 is 0 Å². The minimum Gasteiger partial charge on any atom is -0.492 e. The van der Waals surface area contributed by atoms with Crippen molar-refractivity contribution >= 4 is 11.4 Å². The number of benzene rings is 1. The molecule has 4 nitrogen and oxygen atoms in total. The van der Waals surface area contributed by atoms with E-state index in [4.69, 9.17) is 10.5 Å². The van der Waals surface area contributed by atoms with Crippen molar-refractivity contribution in [1.29, 1.82) is 0 Å². The van der Waals surface area contributed by atoms with E-state index in [0.29, 0.717) is 12.3 Å². The Bertz CT molecular complexity index is 408. The number of rotatable bonds is 6. The molecule has 0 saturated carbocycles. The number of nitrogen functional groups attached to an aromatic ring is 1. The molecule has 0 spiro atoms. The molecule has 3 N–H and O–H groups in total. The van der Waals surface area contributed by atoms with E-state index in [9.17, 15) is 0 Å². The fraction of sp³-hybridized carbons (Fsp3) is 0.600. The van der Waals surface area contributed by atoms with Gasteiger partial charge in [0.05, 0.1) is 12.3 Å². The van der Waals surface area contributed by atoms with Gasteiger partial charge in [0.15, 0.2) is 0 Å². The number of hydrogen-bond acceptors (Lipinski definition) is 4. The Labute approximate surface area is 115 Å². The van der Waals surface area contributed by atoms with Gasteiger partial charge in [-0.3, -0.25) is 0 Å². The number of anilines is 2. The van der Waals surface area contributed by atoms with Crippen molar-refractivity contribution in [3.05, 3.63) is 18.2 Å². The Balaban J connectivity index is 1.87. The predicted octanol–water partition coefficient (Wildman–Crippen LogP) is 2.42. The van der Waals surface area contributed by atoms with Gasteiger partial charge in [0.25, 0.3) is 0 Å². The number of nitrogens with zero attached hydrogens (tertiary/aromatic N) is 1. The maximum Gasteiger partial charge on any atom is 0.144 e. The smallest absolute Gasteiger partial charge is 0.144 e. The van der Waals surface area contributed by atoms with Crippen LogP contribution in [-0.4, -0.2) is 37.7 Å². The Morgan fingerprint density at radius 1 is 1.42 bits per heavy atom. The summed E-state index contributed by atoms with van der Waals surface area (Å²) in [6.45, 7) is 9.45. The number of nitrogens with one attached hydrogen (secondary N) is 1. The first-order valence-electron chi connectivity index (χ1n) is 7.21. The highest BCUT2D eigenvalue weighted by Gasteiger charge is 2.20. The van der Waals surface area contributed by atoms with Crippen LogP contribution < -0.4 is 15.8 Å². The molecule has 106 valence electrons. The van der Waals surface area contributed by atoms with Gasteiger partial charge >= 0.3 is 0 Å². The number of hydrogen-bond donors (Lipinski definition) is 2. The van der Waals surface area contributed by atoms with Crippen LogP contribution in [0.1, 0.15) is 20.3 Å². The van der Waals surface area contributed by atoms with E-state index in [1.165, 1.54) is 19.5 Å². The van der Waals surface area contributed by atoms with Crippen LogP contribution in [0.2, 0.25) is 0 Å². The van der Waals surface area contributed by atoms with E-state index in [1.54, 1.807) is 0 Å². The summed E-state index contributed by atoms with van der Waals surface area (Å²) in [6.07, 6.45) is 1.29. The van der Waals surface area contributed by atoms with Crippen LogP contribution in [0.15, 0.2) is 18.2 Å². The summed E-state index contributed by atoms with van der Waals surface area (Å²) in [7, 11) is 0. The lowest BCUT2D eigenvalue weighted by Crippen LogP contribution is -2.22. The minimum atomic E-state index is 0.641. The SMILES string of the molecule is CCOc1cc(NCC2CCN(CC)C2)ccc1N. The lowest BCUT2D eigenvalue weighted by Gasteiger charge is -2.15. The summed E-state index contributed by atoms with van der Waals surface area (Å²) in [5.41, 5.74) is 7.66. The molecule has 1 atom stereocenters. The molecule has 1 unspecified atom stereocenters. The summed E-state index contributed by atoms with van der Waals surface area (Å²) in [5, 5.41) is 3.50. The highest BCUT2D eigenvalue weighted by molar-refractivity contribution is 5.61. The zero-order chi connectivity index (χ0) is 13.7. The van der Waals surface area contributed by atoms with Crippen LogP contribution in [0, 0.1) is 5.92 Å². The average molecular weight is 263 g/mol.